The Kier molecular flexibility index (Phi) is 4.16. The van der Waals surface area contributed by atoms with E-state index in [0.29, 0.717) is 12.2 Å². The largest absolute Gasteiger partial charge is 0.299 e. The van der Waals surface area contributed by atoms with Crippen molar-refractivity contribution in [3.63, 3.8) is 0 Å². The van der Waals surface area contributed by atoms with Gasteiger partial charge in [0.15, 0.2) is 0 Å². The molecule has 1 aliphatic rings. The number of Topliss-reactive ketones (excluding diaryl/α,β-unsaturated/α-hetero) is 1. The zero-order valence-corrected chi connectivity index (χ0v) is 12.8. The number of carbonyl (C=O) groups excluding carboxylic acids is 1. The minimum absolute atomic E-state index is 0.278. The number of carbonyl (C=O) groups is 1. The van der Waals surface area contributed by atoms with E-state index in [4.69, 9.17) is 0 Å². The number of hydrogen-bond donors (Lipinski definition) is 0. The van der Waals surface area contributed by atoms with Gasteiger partial charge in [0.25, 0.3) is 0 Å². The molecule has 0 aliphatic heterocycles. The molecule has 0 radical (unpaired) electrons. The highest BCUT2D eigenvalue weighted by Gasteiger charge is 2.26. The molecule has 0 spiro atoms. The first-order valence-corrected chi connectivity index (χ1v) is 8.45. The standard InChI is InChI=1S/C17H21NOS/c1-2-12-6-5-7-13(10-12)15(19)11-17-18-14-8-3-4-9-16(14)20-17/h3-4,8-9,12-13H,2,5-7,10-11H2,1H3. The molecule has 0 N–H and O–H groups in total. The van der Waals surface area contributed by atoms with E-state index in [-0.39, 0.29) is 5.92 Å². The maximum Gasteiger partial charge on any atom is 0.142 e. The summed E-state index contributed by atoms with van der Waals surface area (Å²) < 4.78 is 1.19. The van der Waals surface area contributed by atoms with Crippen LogP contribution in [0.3, 0.4) is 0 Å². The van der Waals surface area contributed by atoms with Crippen LogP contribution in [0.2, 0.25) is 0 Å². The molecule has 20 heavy (non-hydrogen) atoms. The van der Waals surface area contributed by atoms with Gasteiger partial charge in [-0.2, -0.15) is 0 Å². The lowest BCUT2D eigenvalue weighted by atomic mass is 9.78. The van der Waals surface area contributed by atoms with Crippen molar-refractivity contribution in [3.8, 4) is 0 Å². The zero-order chi connectivity index (χ0) is 13.9. The predicted octanol–water partition coefficient (Wildman–Crippen LogP) is 4.62. The van der Waals surface area contributed by atoms with Crippen LogP contribution in [0.15, 0.2) is 24.3 Å². The first-order valence-electron chi connectivity index (χ1n) is 7.63. The van der Waals surface area contributed by atoms with Gasteiger partial charge in [-0.15, -0.1) is 11.3 Å². The molecule has 1 aliphatic carbocycles. The first-order chi connectivity index (χ1) is 9.76. The van der Waals surface area contributed by atoms with Gasteiger partial charge in [-0.25, -0.2) is 4.98 Å². The average molecular weight is 287 g/mol. The summed E-state index contributed by atoms with van der Waals surface area (Å²) in [5.41, 5.74) is 1.02. The van der Waals surface area contributed by atoms with Gasteiger partial charge in [0.1, 0.15) is 10.8 Å². The third kappa shape index (κ3) is 2.93. The molecular formula is C17H21NOS. The van der Waals surface area contributed by atoms with Crippen LogP contribution in [0.25, 0.3) is 10.2 Å². The highest BCUT2D eigenvalue weighted by molar-refractivity contribution is 7.18. The van der Waals surface area contributed by atoms with Crippen LogP contribution in [-0.4, -0.2) is 10.8 Å². The smallest absolute Gasteiger partial charge is 0.142 e. The highest BCUT2D eigenvalue weighted by Crippen LogP contribution is 2.32. The Hall–Kier alpha value is -1.22. The third-order valence-corrected chi connectivity index (χ3v) is 5.52. The molecule has 3 rings (SSSR count). The molecule has 1 saturated carbocycles. The van der Waals surface area contributed by atoms with Gasteiger partial charge in [0.2, 0.25) is 0 Å². The second-order valence-electron chi connectivity index (χ2n) is 5.86. The summed E-state index contributed by atoms with van der Waals surface area (Å²) in [5, 5.41) is 0.981. The Morgan fingerprint density at radius 1 is 1.35 bits per heavy atom. The molecule has 2 aromatic rings. The Labute approximate surface area is 124 Å². The normalized spacial score (nSPS) is 23.1. The van der Waals surface area contributed by atoms with E-state index >= 15 is 0 Å². The minimum Gasteiger partial charge on any atom is -0.299 e. The first kappa shape index (κ1) is 13.7. The third-order valence-electron chi connectivity index (χ3n) is 4.48. The fourth-order valence-electron chi connectivity index (χ4n) is 3.24. The van der Waals surface area contributed by atoms with Gasteiger partial charge in [-0.3, -0.25) is 4.79 Å². The second-order valence-corrected chi connectivity index (χ2v) is 6.97. The van der Waals surface area contributed by atoms with Gasteiger partial charge in [0.05, 0.1) is 16.6 Å². The van der Waals surface area contributed by atoms with E-state index in [0.717, 1.165) is 29.3 Å². The van der Waals surface area contributed by atoms with Crippen LogP contribution in [0.1, 0.15) is 44.0 Å². The maximum absolute atomic E-state index is 12.5. The lowest BCUT2D eigenvalue weighted by molar-refractivity contribution is -0.123. The van der Waals surface area contributed by atoms with Crippen molar-refractivity contribution in [2.45, 2.75) is 45.4 Å². The van der Waals surface area contributed by atoms with Crippen molar-refractivity contribution in [1.29, 1.82) is 0 Å². The summed E-state index contributed by atoms with van der Waals surface area (Å²) in [6, 6.07) is 8.13. The average Bonchev–Trinajstić information content (AvgIpc) is 2.89. The fourth-order valence-corrected chi connectivity index (χ4v) is 4.22. The summed E-state index contributed by atoms with van der Waals surface area (Å²) in [6.07, 6.45) is 6.45. The van der Waals surface area contributed by atoms with E-state index in [1.54, 1.807) is 11.3 Å². The Morgan fingerprint density at radius 2 is 2.20 bits per heavy atom. The number of rotatable bonds is 4. The number of ketones is 1. The van der Waals surface area contributed by atoms with Crippen molar-refractivity contribution in [2.75, 3.05) is 0 Å². The number of para-hydroxylation sites is 1. The number of hydrogen-bond acceptors (Lipinski definition) is 3. The van der Waals surface area contributed by atoms with Crippen molar-refractivity contribution >= 4 is 27.3 Å². The molecular weight excluding hydrogens is 266 g/mol. The fraction of sp³-hybridized carbons (Fsp3) is 0.529. The van der Waals surface area contributed by atoms with Crippen LogP contribution in [0.4, 0.5) is 0 Å². The molecule has 2 nitrogen and oxygen atoms in total. The molecule has 0 amide bonds. The summed E-state index contributed by atoms with van der Waals surface area (Å²) in [6.45, 7) is 2.24. The van der Waals surface area contributed by atoms with Crippen LogP contribution in [-0.2, 0) is 11.2 Å². The highest BCUT2D eigenvalue weighted by atomic mass is 32.1. The molecule has 0 bridgehead atoms. The summed E-state index contributed by atoms with van der Waals surface area (Å²) in [4.78, 5) is 17.1. The van der Waals surface area contributed by atoms with Crippen LogP contribution in [0, 0.1) is 11.8 Å². The molecule has 106 valence electrons. The Bertz CT molecular complexity index is 571. The van der Waals surface area contributed by atoms with E-state index < -0.39 is 0 Å². The molecule has 3 heteroatoms. The minimum atomic E-state index is 0.278. The van der Waals surface area contributed by atoms with E-state index in [2.05, 4.69) is 18.0 Å². The molecule has 2 unspecified atom stereocenters. The summed E-state index contributed by atoms with van der Waals surface area (Å²) in [5.74, 6) is 1.44. The summed E-state index contributed by atoms with van der Waals surface area (Å²) in [7, 11) is 0. The van der Waals surface area contributed by atoms with Gasteiger partial charge < -0.3 is 0 Å². The molecule has 1 aromatic carbocycles. The number of aromatic nitrogens is 1. The molecule has 2 atom stereocenters. The predicted molar refractivity (Wildman–Crippen MR) is 84.1 cm³/mol. The number of thiazole rings is 1. The van der Waals surface area contributed by atoms with Crippen LogP contribution in [0.5, 0.6) is 0 Å². The van der Waals surface area contributed by atoms with Gasteiger partial charge in [0, 0.05) is 5.92 Å². The van der Waals surface area contributed by atoms with Crippen molar-refractivity contribution < 1.29 is 4.79 Å². The Morgan fingerprint density at radius 3 is 3.00 bits per heavy atom. The lowest BCUT2D eigenvalue weighted by Crippen LogP contribution is -2.24. The number of fused-ring (bicyclic) bond motifs is 1. The maximum atomic E-state index is 12.5. The molecule has 1 aromatic heterocycles. The van der Waals surface area contributed by atoms with E-state index in [9.17, 15) is 4.79 Å². The molecule has 0 saturated heterocycles. The van der Waals surface area contributed by atoms with Crippen molar-refractivity contribution in [1.82, 2.24) is 4.98 Å². The SMILES string of the molecule is CCC1CCCC(C(=O)Cc2nc3ccccc3s2)C1. The zero-order valence-electron chi connectivity index (χ0n) is 12.0. The van der Waals surface area contributed by atoms with Crippen LogP contribution >= 0.6 is 11.3 Å². The number of nitrogens with zero attached hydrogens (tertiary/aromatic N) is 1. The van der Waals surface area contributed by atoms with Gasteiger partial charge in [-0.05, 0) is 30.9 Å². The second kappa shape index (κ2) is 6.04. The van der Waals surface area contributed by atoms with Crippen molar-refractivity contribution in [2.24, 2.45) is 11.8 Å². The quantitative estimate of drug-likeness (QED) is 0.821. The van der Waals surface area contributed by atoms with E-state index in [1.807, 2.05) is 18.2 Å². The van der Waals surface area contributed by atoms with Crippen LogP contribution < -0.4 is 0 Å². The van der Waals surface area contributed by atoms with E-state index in [1.165, 1.54) is 24.0 Å². The molecule has 1 fully saturated rings. The molecule has 1 heterocycles. The van der Waals surface area contributed by atoms with Gasteiger partial charge in [-0.1, -0.05) is 38.3 Å². The lowest BCUT2D eigenvalue weighted by Gasteiger charge is -2.27. The topological polar surface area (TPSA) is 30.0 Å². The monoisotopic (exact) mass is 287 g/mol. The van der Waals surface area contributed by atoms with Gasteiger partial charge >= 0.3 is 0 Å². The van der Waals surface area contributed by atoms with Crippen molar-refractivity contribution in [3.05, 3.63) is 29.3 Å². The Balaban J connectivity index is 1.68. The number of benzene rings is 1. The summed E-state index contributed by atoms with van der Waals surface area (Å²) >= 11 is 1.66.